The first-order valence-corrected chi connectivity index (χ1v) is 8.23. The van der Waals surface area contributed by atoms with Crippen LogP contribution >= 0.6 is 0 Å². The molecule has 0 saturated heterocycles. The Bertz CT molecular complexity index is 723. The van der Waals surface area contributed by atoms with Gasteiger partial charge in [0.25, 0.3) is 5.91 Å². The third kappa shape index (κ3) is 5.35. The van der Waals surface area contributed by atoms with E-state index in [1.807, 2.05) is 0 Å². The van der Waals surface area contributed by atoms with Crippen molar-refractivity contribution in [2.75, 3.05) is 19.0 Å². The Morgan fingerprint density at radius 3 is 2.36 bits per heavy atom. The number of ether oxygens (including phenoxy) is 2. The van der Waals surface area contributed by atoms with E-state index in [1.165, 1.54) is 7.11 Å². The fourth-order valence-corrected chi connectivity index (χ4v) is 2.19. The number of para-hydroxylation sites is 1. The zero-order valence-corrected chi connectivity index (χ0v) is 14.7. The summed E-state index contributed by atoms with van der Waals surface area (Å²) in [7, 11) is 1.52. The van der Waals surface area contributed by atoms with Crippen molar-refractivity contribution in [2.45, 2.75) is 20.3 Å². The highest BCUT2D eigenvalue weighted by atomic mass is 16.5. The summed E-state index contributed by atoms with van der Waals surface area (Å²) in [5, 5.41) is 2.79. The number of carbonyl (C=O) groups is 2. The molecule has 1 amide bonds. The van der Waals surface area contributed by atoms with Gasteiger partial charge in [0.15, 0.2) is 0 Å². The molecule has 0 radical (unpaired) electrons. The number of anilines is 1. The van der Waals surface area contributed by atoms with Crippen LogP contribution < -0.4 is 10.1 Å². The molecule has 0 unspecified atom stereocenters. The highest BCUT2D eigenvalue weighted by Crippen LogP contribution is 2.19. The van der Waals surface area contributed by atoms with Gasteiger partial charge in [0.2, 0.25) is 0 Å². The molecule has 5 nitrogen and oxygen atoms in total. The van der Waals surface area contributed by atoms with Gasteiger partial charge in [0, 0.05) is 5.69 Å². The molecule has 0 spiro atoms. The molecule has 2 aromatic rings. The monoisotopic (exact) mass is 341 g/mol. The second-order valence-corrected chi connectivity index (χ2v) is 6.05. The Kier molecular flexibility index (Phi) is 6.57. The molecular weight excluding hydrogens is 318 g/mol. The van der Waals surface area contributed by atoms with Crippen LogP contribution in [-0.2, 0) is 4.74 Å². The summed E-state index contributed by atoms with van der Waals surface area (Å²) in [5.74, 6) is 0.360. The normalized spacial score (nSPS) is 10.4. The molecule has 0 aliphatic carbocycles. The average Bonchev–Trinajstić information content (AvgIpc) is 2.61. The molecule has 0 aliphatic rings. The van der Waals surface area contributed by atoms with Gasteiger partial charge in [-0.1, -0.05) is 26.0 Å². The Morgan fingerprint density at radius 2 is 1.72 bits per heavy atom. The second-order valence-electron chi connectivity index (χ2n) is 6.05. The zero-order chi connectivity index (χ0) is 18.2. The molecule has 0 bridgehead atoms. The van der Waals surface area contributed by atoms with Crippen LogP contribution in [-0.4, -0.2) is 25.6 Å². The highest BCUT2D eigenvalue weighted by Gasteiger charge is 2.12. The summed E-state index contributed by atoms with van der Waals surface area (Å²) in [6.45, 7) is 4.56. The standard InChI is InChI=1S/C20H23NO4/c1-14(2)12-13-25-20(23)15-8-10-16(11-9-15)21-19(22)17-6-4-5-7-18(17)24-3/h4-11,14H,12-13H2,1-3H3,(H,21,22). The number of hydrogen-bond acceptors (Lipinski definition) is 4. The first-order chi connectivity index (χ1) is 12.0. The van der Waals surface area contributed by atoms with Gasteiger partial charge in [-0.2, -0.15) is 0 Å². The number of methoxy groups -OCH3 is 1. The lowest BCUT2D eigenvalue weighted by Gasteiger charge is -2.10. The molecule has 25 heavy (non-hydrogen) atoms. The molecule has 0 fully saturated rings. The Morgan fingerprint density at radius 1 is 1.04 bits per heavy atom. The Labute approximate surface area is 148 Å². The minimum absolute atomic E-state index is 0.273. The lowest BCUT2D eigenvalue weighted by atomic mass is 10.1. The average molecular weight is 341 g/mol. The number of hydrogen-bond donors (Lipinski definition) is 1. The van der Waals surface area contributed by atoms with Gasteiger partial charge < -0.3 is 14.8 Å². The summed E-state index contributed by atoms with van der Waals surface area (Å²) < 4.78 is 10.4. The summed E-state index contributed by atoms with van der Waals surface area (Å²) >= 11 is 0. The van der Waals surface area contributed by atoms with E-state index in [9.17, 15) is 9.59 Å². The van der Waals surface area contributed by atoms with Crippen LogP contribution in [0.2, 0.25) is 0 Å². The van der Waals surface area contributed by atoms with Crippen LogP contribution in [0.25, 0.3) is 0 Å². The van der Waals surface area contributed by atoms with E-state index in [1.54, 1.807) is 48.5 Å². The van der Waals surface area contributed by atoms with E-state index in [2.05, 4.69) is 19.2 Å². The molecule has 0 atom stereocenters. The van der Waals surface area contributed by atoms with Gasteiger partial charge in [0.1, 0.15) is 5.75 Å². The van der Waals surface area contributed by atoms with Crippen LogP contribution in [0.3, 0.4) is 0 Å². The first kappa shape index (κ1) is 18.5. The lowest BCUT2D eigenvalue weighted by Crippen LogP contribution is -2.13. The zero-order valence-electron chi connectivity index (χ0n) is 14.7. The van der Waals surface area contributed by atoms with Crippen molar-refractivity contribution >= 4 is 17.6 Å². The van der Waals surface area contributed by atoms with Crippen molar-refractivity contribution < 1.29 is 19.1 Å². The van der Waals surface area contributed by atoms with Crippen LogP contribution in [0, 0.1) is 5.92 Å². The van der Waals surface area contributed by atoms with Crippen LogP contribution in [0.5, 0.6) is 5.75 Å². The van der Waals surface area contributed by atoms with E-state index in [-0.39, 0.29) is 11.9 Å². The maximum absolute atomic E-state index is 12.3. The summed E-state index contributed by atoms with van der Waals surface area (Å²) in [6.07, 6.45) is 0.832. The summed E-state index contributed by atoms with van der Waals surface area (Å²) in [5.41, 5.74) is 1.50. The molecule has 0 aromatic heterocycles. The molecular formula is C20H23NO4. The molecule has 0 saturated carbocycles. The minimum Gasteiger partial charge on any atom is -0.496 e. The van der Waals surface area contributed by atoms with Crippen LogP contribution in [0.15, 0.2) is 48.5 Å². The first-order valence-electron chi connectivity index (χ1n) is 8.23. The number of nitrogens with one attached hydrogen (secondary N) is 1. The maximum atomic E-state index is 12.3. The molecule has 5 heteroatoms. The number of benzene rings is 2. The van der Waals surface area contributed by atoms with Gasteiger partial charge in [-0.3, -0.25) is 4.79 Å². The molecule has 2 rings (SSSR count). The second kappa shape index (κ2) is 8.87. The van der Waals surface area contributed by atoms with Crippen molar-refractivity contribution in [2.24, 2.45) is 5.92 Å². The third-order valence-corrected chi connectivity index (χ3v) is 3.66. The third-order valence-electron chi connectivity index (χ3n) is 3.66. The summed E-state index contributed by atoms with van der Waals surface area (Å²) in [6, 6.07) is 13.6. The summed E-state index contributed by atoms with van der Waals surface area (Å²) in [4.78, 5) is 24.3. The smallest absolute Gasteiger partial charge is 0.338 e. The van der Waals surface area contributed by atoms with Crippen molar-refractivity contribution in [1.82, 2.24) is 0 Å². The van der Waals surface area contributed by atoms with Crippen LogP contribution in [0.4, 0.5) is 5.69 Å². The number of amides is 1. The molecule has 2 aromatic carbocycles. The number of rotatable bonds is 7. The van der Waals surface area contributed by atoms with Gasteiger partial charge in [-0.05, 0) is 48.7 Å². The highest BCUT2D eigenvalue weighted by molar-refractivity contribution is 6.06. The van der Waals surface area contributed by atoms with E-state index < -0.39 is 0 Å². The Hall–Kier alpha value is -2.82. The Balaban J connectivity index is 1.98. The molecule has 0 heterocycles. The lowest BCUT2D eigenvalue weighted by molar-refractivity contribution is 0.0488. The topological polar surface area (TPSA) is 64.6 Å². The molecule has 132 valence electrons. The van der Waals surface area contributed by atoms with E-state index >= 15 is 0 Å². The minimum atomic E-state index is -0.358. The SMILES string of the molecule is COc1ccccc1C(=O)Nc1ccc(C(=O)OCCC(C)C)cc1. The number of esters is 1. The van der Waals surface area contributed by atoms with E-state index in [0.717, 1.165) is 6.42 Å². The van der Waals surface area contributed by atoms with Crippen molar-refractivity contribution in [3.05, 3.63) is 59.7 Å². The van der Waals surface area contributed by atoms with Crippen LogP contribution in [0.1, 0.15) is 41.0 Å². The fraction of sp³-hybridized carbons (Fsp3) is 0.300. The van der Waals surface area contributed by atoms with E-state index in [0.29, 0.717) is 35.1 Å². The van der Waals surface area contributed by atoms with Gasteiger partial charge >= 0.3 is 5.97 Å². The van der Waals surface area contributed by atoms with E-state index in [4.69, 9.17) is 9.47 Å². The fourth-order valence-electron chi connectivity index (χ4n) is 2.19. The largest absolute Gasteiger partial charge is 0.496 e. The molecule has 1 N–H and O–H groups in total. The quantitative estimate of drug-likeness (QED) is 0.768. The van der Waals surface area contributed by atoms with Crippen molar-refractivity contribution in [3.8, 4) is 5.75 Å². The van der Waals surface area contributed by atoms with Gasteiger partial charge in [0.05, 0.1) is 24.8 Å². The van der Waals surface area contributed by atoms with Crippen molar-refractivity contribution in [3.63, 3.8) is 0 Å². The van der Waals surface area contributed by atoms with Gasteiger partial charge in [-0.25, -0.2) is 4.79 Å². The maximum Gasteiger partial charge on any atom is 0.338 e. The predicted octanol–water partition coefficient (Wildman–Crippen LogP) is 4.15. The number of carbonyl (C=O) groups excluding carboxylic acids is 2. The van der Waals surface area contributed by atoms with Crippen molar-refractivity contribution in [1.29, 1.82) is 0 Å². The van der Waals surface area contributed by atoms with Gasteiger partial charge in [-0.15, -0.1) is 0 Å². The molecule has 0 aliphatic heterocycles. The predicted molar refractivity (Wildman–Crippen MR) is 97.1 cm³/mol.